The van der Waals surface area contributed by atoms with Crippen LogP contribution in [0.2, 0.25) is 0 Å². The quantitative estimate of drug-likeness (QED) is 0.0484. The van der Waals surface area contributed by atoms with Gasteiger partial charge in [-0.2, -0.15) is 0 Å². The number of amides is 1. The Bertz CT molecular complexity index is 672. The number of carbonyl (C=O) groups excluding carboxylic acids is 2. The van der Waals surface area contributed by atoms with Gasteiger partial charge in [-0.25, -0.2) is 4.79 Å². The van der Waals surface area contributed by atoms with E-state index in [1.807, 2.05) is 0 Å². The van der Waals surface area contributed by atoms with Crippen molar-refractivity contribution in [2.75, 3.05) is 6.54 Å². The van der Waals surface area contributed by atoms with Crippen LogP contribution in [0.1, 0.15) is 200 Å². The summed E-state index contributed by atoms with van der Waals surface area (Å²) in [6, 6.07) is -0.850. The van der Waals surface area contributed by atoms with Crippen molar-refractivity contribution < 1.29 is 24.2 Å². The zero-order chi connectivity index (χ0) is 32.5. The first-order valence-electron chi connectivity index (χ1n) is 18.9. The zero-order valence-corrected chi connectivity index (χ0v) is 29.0. The normalized spacial score (nSPS) is 12.6. The van der Waals surface area contributed by atoms with Crippen LogP contribution in [0.3, 0.4) is 0 Å². The lowest BCUT2D eigenvalue weighted by Crippen LogP contribution is -2.40. The highest BCUT2D eigenvalue weighted by atomic mass is 16.5. The van der Waals surface area contributed by atoms with Crippen LogP contribution >= 0.6 is 0 Å². The Morgan fingerprint density at radius 1 is 0.568 bits per heavy atom. The van der Waals surface area contributed by atoms with Gasteiger partial charge in [0.1, 0.15) is 12.1 Å². The number of hydrogen-bond acceptors (Lipinski definition) is 5. The van der Waals surface area contributed by atoms with Gasteiger partial charge in [-0.05, 0) is 57.9 Å². The molecule has 0 bridgehead atoms. The van der Waals surface area contributed by atoms with Crippen LogP contribution < -0.4 is 11.1 Å². The molecular formula is C37H72N2O5. The average Bonchev–Trinajstić information content (AvgIpc) is 3.00. The van der Waals surface area contributed by atoms with Gasteiger partial charge in [0.05, 0.1) is 0 Å². The first-order chi connectivity index (χ1) is 21.4. The fourth-order valence-electron chi connectivity index (χ4n) is 5.80. The number of nitrogens with two attached hydrogens (primary N) is 1. The number of esters is 1. The molecular weight excluding hydrogens is 552 g/mol. The minimum Gasteiger partial charge on any atom is -0.480 e. The molecule has 7 heteroatoms. The first-order valence-corrected chi connectivity index (χ1v) is 18.9. The van der Waals surface area contributed by atoms with Crippen LogP contribution in [-0.2, 0) is 19.1 Å². The third-order valence-corrected chi connectivity index (χ3v) is 8.67. The van der Waals surface area contributed by atoms with Gasteiger partial charge in [0.25, 0.3) is 0 Å². The summed E-state index contributed by atoms with van der Waals surface area (Å²) in [6.45, 7) is 4.92. The number of ether oxygens (including phenoxy) is 1. The van der Waals surface area contributed by atoms with Crippen molar-refractivity contribution in [3.8, 4) is 0 Å². The Hall–Kier alpha value is -1.63. The van der Waals surface area contributed by atoms with Crippen molar-refractivity contribution in [2.24, 2.45) is 5.73 Å². The fraction of sp³-hybridized carbons (Fsp3) is 0.919. The molecule has 4 N–H and O–H groups in total. The molecule has 0 saturated heterocycles. The lowest BCUT2D eigenvalue weighted by molar-refractivity contribution is -0.150. The maximum atomic E-state index is 12.6. The molecule has 0 heterocycles. The summed E-state index contributed by atoms with van der Waals surface area (Å²) in [7, 11) is 0. The molecule has 2 unspecified atom stereocenters. The van der Waals surface area contributed by atoms with E-state index in [1.54, 1.807) is 0 Å². The fourth-order valence-corrected chi connectivity index (χ4v) is 5.80. The average molecular weight is 625 g/mol. The van der Waals surface area contributed by atoms with Gasteiger partial charge in [-0.15, -0.1) is 0 Å². The van der Waals surface area contributed by atoms with Crippen molar-refractivity contribution in [1.82, 2.24) is 5.32 Å². The Morgan fingerprint density at radius 3 is 1.41 bits per heavy atom. The number of rotatable bonds is 34. The van der Waals surface area contributed by atoms with Crippen molar-refractivity contribution in [2.45, 2.75) is 212 Å². The third kappa shape index (κ3) is 29.1. The number of nitrogens with one attached hydrogen (secondary N) is 1. The molecule has 44 heavy (non-hydrogen) atoms. The summed E-state index contributed by atoms with van der Waals surface area (Å²) in [5.41, 5.74) is 5.46. The molecule has 0 aromatic rings. The Kier molecular flexibility index (Phi) is 31.5. The highest BCUT2D eigenvalue weighted by molar-refractivity contribution is 5.83. The Morgan fingerprint density at radius 2 is 0.977 bits per heavy atom. The standard InChI is InChI=1S/C37H72N2O5/c1-3-5-7-9-11-13-14-15-18-22-27-33(44-36(41)31-25-21-16-12-10-8-6-4-2)28-23-19-17-20-24-30-35(40)39-34(37(42)43)29-26-32-38/h33-34H,3-32,38H2,1-2H3,(H,39,40)(H,42,43). The molecule has 0 aliphatic heterocycles. The van der Waals surface area contributed by atoms with E-state index in [0.717, 1.165) is 64.2 Å². The van der Waals surface area contributed by atoms with Gasteiger partial charge >= 0.3 is 11.9 Å². The van der Waals surface area contributed by atoms with E-state index in [9.17, 15) is 19.5 Å². The number of aliphatic carboxylic acids is 1. The summed E-state index contributed by atoms with van der Waals surface area (Å²) < 4.78 is 5.99. The van der Waals surface area contributed by atoms with Gasteiger partial charge in [-0.1, -0.05) is 136 Å². The van der Waals surface area contributed by atoms with E-state index >= 15 is 0 Å². The molecule has 1 amide bonds. The van der Waals surface area contributed by atoms with Gasteiger partial charge < -0.3 is 20.9 Å². The van der Waals surface area contributed by atoms with Gasteiger partial charge in [0, 0.05) is 12.8 Å². The van der Waals surface area contributed by atoms with Crippen LogP contribution in [0, 0.1) is 0 Å². The second-order valence-electron chi connectivity index (χ2n) is 13.0. The van der Waals surface area contributed by atoms with Crippen LogP contribution in [0.4, 0.5) is 0 Å². The Balaban J connectivity index is 4.28. The number of carboxylic acids is 1. The molecule has 0 aromatic carbocycles. The van der Waals surface area contributed by atoms with E-state index in [2.05, 4.69) is 19.2 Å². The summed E-state index contributed by atoms with van der Waals surface area (Å²) in [4.78, 5) is 36.1. The molecule has 0 radical (unpaired) electrons. The number of hydrogen-bond donors (Lipinski definition) is 3. The largest absolute Gasteiger partial charge is 0.480 e. The lowest BCUT2D eigenvalue weighted by atomic mass is 10.0. The molecule has 0 saturated carbocycles. The molecule has 0 spiro atoms. The van der Waals surface area contributed by atoms with E-state index in [1.165, 1.54) is 96.3 Å². The third-order valence-electron chi connectivity index (χ3n) is 8.67. The molecule has 0 aromatic heterocycles. The number of carbonyl (C=O) groups is 3. The maximum absolute atomic E-state index is 12.6. The predicted octanol–water partition coefficient (Wildman–Crippen LogP) is 9.78. The summed E-state index contributed by atoms with van der Waals surface area (Å²) >= 11 is 0. The van der Waals surface area contributed by atoms with E-state index < -0.39 is 12.0 Å². The van der Waals surface area contributed by atoms with Crippen LogP contribution in [0.25, 0.3) is 0 Å². The maximum Gasteiger partial charge on any atom is 0.326 e. The van der Waals surface area contributed by atoms with E-state index in [0.29, 0.717) is 32.2 Å². The van der Waals surface area contributed by atoms with Crippen molar-refractivity contribution in [1.29, 1.82) is 0 Å². The predicted molar refractivity (Wildman–Crippen MR) is 184 cm³/mol. The zero-order valence-electron chi connectivity index (χ0n) is 29.0. The number of unbranched alkanes of at least 4 members (excludes halogenated alkanes) is 20. The van der Waals surface area contributed by atoms with Gasteiger partial charge in [0.15, 0.2) is 0 Å². The minimum atomic E-state index is -1.00. The highest BCUT2D eigenvalue weighted by Gasteiger charge is 2.19. The van der Waals surface area contributed by atoms with Crippen LogP contribution in [-0.4, -0.2) is 41.6 Å². The molecule has 0 aliphatic carbocycles. The highest BCUT2D eigenvalue weighted by Crippen LogP contribution is 2.19. The topological polar surface area (TPSA) is 119 Å². The minimum absolute atomic E-state index is 0.0230. The van der Waals surface area contributed by atoms with Gasteiger partial charge in [0.2, 0.25) is 5.91 Å². The number of carboxylic acid groups (broad SMARTS) is 1. The summed E-state index contributed by atoms with van der Waals surface area (Å²) in [6.07, 6.45) is 31.4. The van der Waals surface area contributed by atoms with Crippen LogP contribution in [0.15, 0.2) is 0 Å². The second kappa shape index (κ2) is 32.8. The molecule has 0 fully saturated rings. The lowest BCUT2D eigenvalue weighted by Gasteiger charge is -2.18. The van der Waals surface area contributed by atoms with E-state index in [-0.39, 0.29) is 18.0 Å². The van der Waals surface area contributed by atoms with Crippen molar-refractivity contribution >= 4 is 17.8 Å². The van der Waals surface area contributed by atoms with Gasteiger partial charge in [-0.3, -0.25) is 9.59 Å². The SMILES string of the molecule is CCCCCCCCCCCCC(CCCCCCCC(=O)NC(CCCN)C(=O)O)OC(=O)CCCCCCCCCC. The summed E-state index contributed by atoms with van der Waals surface area (Å²) in [5.74, 6) is -1.22. The molecule has 7 nitrogen and oxygen atoms in total. The van der Waals surface area contributed by atoms with Crippen molar-refractivity contribution in [3.05, 3.63) is 0 Å². The van der Waals surface area contributed by atoms with Crippen LogP contribution in [0.5, 0.6) is 0 Å². The second-order valence-corrected chi connectivity index (χ2v) is 13.0. The summed E-state index contributed by atoms with van der Waals surface area (Å²) in [5, 5.41) is 11.9. The monoisotopic (exact) mass is 625 g/mol. The van der Waals surface area contributed by atoms with Crippen molar-refractivity contribution in [3.63, 3.8) is 0 Å². The molecule has 260 valence electrons. The Labute approximate surface area is 271 Å². The first kappa shape index (κ1) is 42.4. The molecule has 0 aliphatic rings. The smallest absolute Gasteiger partial charge is 0.326 e. The molecule has 0 rings (SSSR count). The van der Waals surface area contributed by atoms with E-state index in [4.69, 9.17) is 10.5 Å². The molecule has 2 atom stereocenters.